The Morgan fingerprint density at radius 2 is 2.18 bits per heavy atom. The number of carbonyl (C=O) groups is 1. The zero-order chi connectivity index (χ0) is 8.10. The van der Waals surface area contributed by atoms with E-state index in [-0.39, 0.29) is 6.61 Å². The molecular weight excluding hydrogens is 148 g/mol. The van der Waals surface area contributed by atoms with Gasteiger partial charge in [0.15, 0.2) is 0 Å². The van der Waals surface area contributed by atoms with E-state index in [0.717, 1.165) is 0 Å². The molecule has 0 spiro atoms. The lowest BCUT2D eigenvalue weighted by Gasteiger charge is -1.97. The van der Waals surface area contributed by atoms with Crippen molar-refractivity contribution < 1.29 is 14.6 Å². The molecule has 11 heavy (non-hydrogen) atoms. The number of hydrogen-bond acceptors (Lipinski definition) is 4. The van der Waals surface area contributed by atoms with Crippen LogP contribution >= 0.6 is 0 Å². The van der Waals surface area contributed by atoms with Gasteiger partial charge in [-0.1, -0.05) is 0 Å². The molecule has 0 aliphatic heterocycles. The van der Waals surface area contributed by atoms with E-state index >= 15 is 0 Å². The molecule has 0 saturated heterocycles. The molecule has 0 aromatic carbocycles. The number of hydrogen-bond donors (Lipinski definition) is 1. The Balaban J connectivity index is 2.45. The molecule has 0 fully saturated rings. The Kier molecular flexibility index (Phi) is 2.37. The number of ether oxygens (including phenoxy) is 1. The van der Waals surface area contributed by atoms with Crippen molar-refractivity contribution in [3.05, 3.63) is 24.3 Å². The maximum atomic E-state index is 9.91. The molecule has 0 radical (unpaired) electrons. The zero-order valence-corrected chi connectivity index (χ0v) is 5.60. The Bertz CT molecular complexity index is 237. The standard InChI is InChI=1S/C6H6N2O3/c9-6(10)11-3-5-1-7-4-8-2-5/h1-2,4H,3H2,(H,9,10). The average Bonchev–Trinajstić information content (AvgIpc) is 2.03. The van der Waals surface area contributed by atoms with E-state index < -0.39 is 6.16 Å². The van der Waals surface area contributed by atoms with Gasteiger partial charge in [0.2, 0.25) is 0 Å². The molecule has 0 aliphatic rings. The van der Waals surface area contributed by atoms with Gasteiger partial charge in [-0.15, -0.1) is 0 Å². The molecule has 1 heterocycles. The topological polar surface area (TPSA) is 72.3 Å². The highest BCUT2D eigenvalue weighted by Crippen LogP contribution is 1.95. The van der Waals surface area contributed by atoms with Crippen LogP contribution in [0.15, 0.2) is 18.7 Å². The van der Waals surface area contributed by atoms with Crippen LogP contribution in [0.25, 0.3) is 0 Å². The van der Waals surface area contributed by atoms with Crippen molar-refractivity contribution in [2.45, 2.75) is 6.61 Å². The van der Waals surface area contributed by atoms with Crippen LogP contribution in [-0.2, 0) is 11.3 Å². The summed E-state index contributed by atoms with van der Waals surface area (Å²) in [5.41, 5.74) is 0.634. The van der Waals surface area contributed by atoms with Crippen molar-refractivity contribution in [3.63, 3.8) is 0 Å². The van der Waals surface area contributed by atoms with E-state index in [9.17, 15) is 4.79 Å². The Morgan fingerprint density at radius 3 is 2.73 bits per heavy atom. The highest BCUT2D eigenvalue weighted by atomic mass is 16.7. The van der Waals surface area contributed by atoms with Crippen molar-refractivity contribution in [3.8, 4) is 0 Å². The summed E-state index contributed by atoms with van der Waals surface area (Å²) in [7, 11) is 0. The summed E-state index contributed by atoms with van der Waals surface area (Å²) in [6.45, 7) is -0.00380. The molecular formula is C6H6N2O3. The SMILES string of the molecule is O=C(O)OCc1cncnc1. The first-order chi connectivity index (χ1) is 5.29. The summed E-state index contributed by atoms with van der Waals surface area (Å²) in [5, 5.41) is 8.11. The summed E-state index contributed by atoms with van der Waals surface area (Å²) < 4.78 is 4.26. The molecule has 1 aromatic heterocycles. The largest absolute Gasteiger partial charge is 0.506 e. The maximum Gasteiger partial charge on any atom is 0.506 e. The molecule has 1 rings (SSSR count). The second-order valence-corrected chi connectivity index (χ2v) is 1.80. The van der Waals surface area contributed by atoms with Gasteiger partial charge in [-0.3, -0.25) is 0 Å². The van der Waals surface area contributed by atoms with Gasteiger partial charge in [-0.2, -0.15) is 0 Å². The van der Waals surface area contributed by atoms with Gasteiger partial charge in [0.1, 0.15) is 12.9 Å². The van der Waals surface area contributed by atoms with Crippen LogP contribution in [-0.4, -0.2) is 21.2 Å². The number of aromatic nitrogens is 2. The van der Waals surface area contributed by atoms with E-state index in [1.165, 1.54) is 18.7 Å². The van der Waals surface area contributed by atoms with Gasteiger partial charge in [-0.25, -0.2) is 14.8 Å². The van der Waals surface area contributed by atoms with Crippen molar-refractivity contribution in [2.75, 3.05) is 0 Å². The lowest BCUT2D eigenvalue weighted by atomic mass is 10.4. The minimum atomic E-state index is -1.30. The maximum absolute atomic E-state index is 9.91. The minimum absolute atomic E-state index is 0.00380. The zero-order valence-electron chi connectivity index (χ0n) is 5.60. The van der Waals surface area contributed by atoms with Crippen LogP contribution in [0.3, 0.4) is 0 Å². The van der Waals surface area contributed by atoms with Gasteiger partial charge < -0.3 is 9.84 Å². The Labute approximate surface area is 62.7 Å². The first-order valence-corrected chi connectivity index (χ1v) is 2.88. The Morgan fingerprint density at radius 1 is 1.55 bits per heavy atom. The van der Waals surface area contributed by atoms with Crippen molar-refractivity contribution in [1.29, 1.82) is 0 Å². The molecule has 1 aromatic rings. The monoisotopic (exact) mass is 154 g/mol. The van der Waals surface area contributed by atoms with Gasteiger partial charge in [0.25, 0.3) is 0 Å². The first-order valence-electron chi connectivity index (χ1n) is 2.88. The molecule has 0 atom stereocenters. The molecule has 0 unspecified atom stereocenters. The van der Waals surface area contributed by atoms with Gasteiger partial charge in [0, 0.05) is 18.0 Å². The quantitative estimate of drug-likeness (QED) is 0.634. The summed E-state index contributed by atoms with van der Waals surface area (Å²) in [5.74, 6) is 0. The van der Waals surface area contributed by atoms with Gasteiger partial charge in [0.05, 0.1) is 0 Å². The predicted molar refractivity (Wildman–Crippen MR) is 34.8 cm³/mol. The molecule has 0 bridgehead atoms. The van der Waals surface area contributed by atoms with Crippen LogP contribution < -0.4 is 0 Å². The molecule has 0 aliphatic carbocycles. The second kappa shape index (κ2) is 3.50. The van der Waals surface area contributed by atoms with Crippen molar-refractivity contribution in [1.82, 2.24) is 9.97 Å². The summed E-state index contributed by atoms with van der Waals surface area (Å²) >= 11 is 0. The number of carboxylic acid groups (broad SMARTS) is 1. The highest BCUT2D eigenvalue weighted by molar-refractivity contribution is 5.56. The molecule has 5 nitrogen and oxygen atoms in total. The third kappa shape index (κ3) is 2.61. The van der Waals surface area contributed by atoms with Gasteiger partial charge >= 0.3 is 6.16 Å². The van der Waals surface area contributed by atoms with E-state index in [1.54, 1.807) is 0 Å². The molecule has 5 heteroatoms. The third-order valence-corrected chi connectivity index (χ3v) is 0.976. The fraction of sp³-hybridized carbons (Fsp3) is 0.167. The van der Waals surface area contributed by atoms with Crippen LogP contribution in [0.5, 0.6) is 0 Å². The van der Waals surface area contributed by atoms with Crippen LogP contribution in [0.1, 0.15) is 5.56 Å². The van der Waals surface area contributed by atoms with E-state index in [0.29, 0.717) is 5.56 Å². The fourth-order valence-electron chi connectivity index (χ4n) is 0.550. The predicted octanol–water partition coefficient (Wildman–Crippen LogP) is 0.671. The molecule has 58 valence electrons. The minimum Gasteiger partial charge on any atom is -0.450 e. The first kappa shape index (κ1) is 7.46. The summed E-state index contributed by atoms with van der Waals surface area (Å²) in [4.78, 5) is 17.3. The van der Waals surface area contributed by atoms with Gasteiger partial charge in [-0.05, 0) is 0 Å². The smallest absolute Gasteiger partial charge is 0.450 e. The number of rotatable bonds is 2. The Hall–Kier alpha value is -1.65. The summed E-state index contributed by atoms with van der Waals surface area (Å²) in [6.07, 6.45) is 3.06. The highest BCUT2D eigenvalue weighted by Gasteiger charge is 1.97. The third-order valence-electron chi connectivity index (χ3n) is 0.976. The second-order valence-electron chi connectivity index (χ2n) is 1.80. The fourth-order valence-corrected chi connectivity index (χ4v) is 0.550. The van der Waals surface area contributed by atoms with Crippen LogP contribution in [0, 0.1) is 0 Å². The molecule has 0 saturated carbocycles. The van der Waals surface area contributed by atoms with E-state index in [1.807, 2.05) is 0 Å². The molecule has 0 amide bonds. The summed E-state index contributed by atoms with van der Waals surface area (Å²) in [6, 6.07) is 0. The lowest BCUT2D eigenvalue weighted by molar-refractivity contribution is 0.0852. The van der Waals surface area contributed by atoms with E-state index in [4.69, 9.17) is 5.11 Å². The van der Waals surface area contributed by atoms with Crippen LogP contribution in [0.4, 0.5) is 4.79 Å². The van der Waals surface area contributed by atoms with Crippen molar-refractivity contribution >= 4 is 6.16 Å². The normalized spacial score (nSPS) is 9.09. The number of nitrogens with zero attached hydrogens (tertiary/aromatic N) is 2. The lowest BCUT2D eigenvalue weighted by Crippen LogP contribution is -2.00. The molecule has 1 N–H and O–H groups in total. The van der Waals surface area contributed by atoms with Crippen LogP contribution in [0.2, 0.25) is 0 Å². The van der Waals surface area contributed by atoms with E-state index in [2.05, 4.69) is 14.7 Å². The van der Waals surface area contributed by atoms with Crippen molar-refractivity contribution in [2.24, 2.45) is 0 Å². The average molecular weight is 154 g/mol.